The van der Waals surface area contributed by atoms with Gasteiger partial charge < -0.3 is 16.0 Å². The summed E-state index contributed by atoms with van der Waals surface area (Å²) in [5.74, 6) is 0.100. The molecular formula is C11H23N3OS. The Morgan fingerprint density at radius 1 is 1.38 bits per heavy atom. The van der Waals surface area contributed by atoms with Crippen molar-refractivity contribution in [3.05, 3.63) is 0 Å². The van der Waals surface area contributed by atoms with E-state index < -0.39 is 0 Å². The second kappa shape index (κ2) is 8.47. The predicted molar refractivity (Wildman–Crippen MR) is 71.4 cm³/mol. The van der Waals surface area contributed by atoms with Crippen LogP contribution in [0.1, 0.15) is 33.6 Å². The van der Waals surface area contributed by atoms with Gasteiger partial charge in [0, 0.05) is 38.5 Å². The highest BCUT2D eigenvalue weighted by Gasteiger charge is 2.11. The van der Waals surface area contributed by atoms with Crippen molar-refractivity contribution in [3.63, 3.8) is 0 Å². The average molecular weight is 245 g/mol. The summed E-state index contributed by atoms with van der Waals surface area (Å²) in [5.41, 5.74) is 5.47. The minimum absolute atomic E-state index is 0.100. The fourth-order valence-electron chi connectivity index (χ4n) is 1.41. The van der Waals surface area contributed by atoms with Crippen LogP contribution < -0.4 is 11.1 Å². The molecule has 94 valence electrons. The Bertz CT molecular complexity index is 231. The number of carbonyl (C=O) groups is 1. The lowest BCUT2D eigenvalue weighted by Gasteiger charge is -2.25. The van der Waals surface area contributed by atoms with E-state index in [0.29, 0.717) is 30.4 Å². The molecule has 0 saturated carbocycles. The van der Waals surface area contributed by atoms with Gasteiger partial charge in [-0.05, 0) is 20.8 Å². The van der Waals surface area contributed by atoms with Gasteiger partial charge in [0.25, 0.3) is 0 Å². The number of hydrogen-bond donors (Lipinski definition) is 2. The third kappa shape index (κ3) is 7.59. The van der Waals surface area contributed by atoms with E-state index in [9.17, 15) is 4.79 Å². The van der Waals surface area contributed by atoms with Crippen molar-refractivity contribution in [1.82, 2.24) is 10.2 Å². The van der Waals surface area contributed by atoms with Crippen LogP contribution >= 0.6 is 12.2 Å². The molecule has 0 atom stereocenters. The maximum atomic E-state index is 11.3. The third-order valence-corrected chi connectivity index (χ3v) is 2.58. The molecule has 0 bridgehead atoms. The van der Waals surface area contributed by atoms with Crippen LogP contribution in [-0.2, 0) is 4.79 Å². The second-order valence-corrected chi connectivity index (χ2v) is 4.57. The average Bonchev–Trinajstić information content (AvgIpc) is 2.17. The lowest BCUT2D eigenvalue weighted by atomic mass is 10.2. The minimum Gasteiger partial charge on any atom is -0.393 e. The largest absolute Gasteiger partial charge is 0.393 e. The zero-order chi connectivity index (χ0) is 12.6. The van der Waals surface area contributed by atoms with Gasteiger partial charge in [-0.2, -0.15) is 0 Å². The van der Waals surface area contributed by atoms with Gasteiger partial charge in [-0.3, -0.25) is 4.79 Å². The zero-order valence-corrected chi connectivity index (χ0v) is 11.3. The number of amides is 1. The van der Waals surface area contributed by atoms with Crippen molar-refractivity contribution in [2.75, 3.05) is 19.6 Å². The first-order valence-electron chi connectivity index (χ1n) is 5.76. The molecule has 0 saturated heterocycles. The summed E-state index contributed by atoms with van der Waals surface area (Å²) < 4.78 is 0. The van der Waals surface area contributed by atoms with Crippen LogP contribution in [0.4, 0.5) is 0 Å². The summed E-state index contributed by atoms with van der Waals surface area (Å²) in [6.07, 6.45) is 1.24. The third-order valence-electron chi connectivity index (χ3n) is 2.38. The zero-order valence-electron chi connectivity index (χ0n) is 10.5. The van der Waals surface area contributed by atoms with E-state index in [2.05, 4.69) is 24.1 Å². The highest BCUT2D eigenvalue weighted by atomic mass is 32.1. The van der Waals surface area contributed by atoms with Gasteiger partial charge in [0.1, 0.15) is 0 Å². The van der Waals surface area contributed by atoms with Gasteiger partial charge >= 0.3 is 0 Å². The Morgan fingerprint density at radius 3 is 2.38 bits per heavy atom. The van der Waals surface area contributed by atoms with Gasteiger partial charge in [0.05, 0.1) is 4.99 Å². The fourth-order valence-corrected chi connectivity index (χ4v) is 1.50. The Kier molecular flexibility index (Phi) is 8.11. The Labute approximate surface area is 104 Å². The van der Waals surface area contributed by atoms with Gasteiger partial charge in [-0.1, -0.05) is 12.2 Å². The van der Waals surface area contributed by atoms with Crippen molar-refractivity contribution in [1.29, 1.82) is 0 Å². The van der Waals surface area contributed by atoms with Crippen molar-refractivity contribution < 1.29 is 4.79 Å². The minimum atomic E-state index is 0.100. The summed E-state index contributed by atoms with van der Waals surface area (Å²) in [6, 6.07) is 0.406. The van der Waals surface area contributed by atoms with Gasteiger partial charge in [0.15, 0.2) is 0 Å². The monoisotopic (exact) mass is 245 g/mol. The number of rotatable bonds is 8. The van der Waals surface area contributed by atoms with E-state index in [1.165, 1.54) is 0 Å². The molecule has 0 aromatic carbocycles. The van der Waals surface area contributed by atoms with E-state index in [-0.39, 0.29) is 5.91 Å². The number of carbonyl (C=O) groups excluding carboxylic acids is 1. The topological polar surface area (TPSA) is 58.4 Å². The quantitative estimate of drug-likeness (QED) is 0.624. The Morgan fingerprint density at radius 2 is 1.94 bits per heavy atom. The molecule has 0 rings (SSSR count). The number of nitrogens with zero attached hydrogens (tertiary/aromatic N) is 1. The van der Waals surface area contributed by atoms with Crippen LogP contribution in [0.15, 0.2) is 0 Å². The van der Waals surface area contributed by atoms with Gasteiger partial charge in [-0.15, -0.1) is 0 Å². The molecule has 0 aliphatic rings. The maximum absolute atomic E-state index is 11.3. The van der Waals surface area contributed by atoms with Crippen molar-refractivity contribution >= 4 is 23.1 Å². The first kappa shape index (κ1) is 15.3. The summed E-state index contributed by atoms with van der Waals surface area (Å²) in [4.78, 5) is 14.1. The van der Waals surface area contributed by atoms with Crippen LogP contribution in [0.25, 0.3) is 0 Å². The summed E-state index contributed by atoms with van der Waals surface area (Å²) in [7, 11) is 0. The van der Waals surface area contributed by atoms with E-state index in [4.69, 9.17) is 18.0 Å². The molecule has 4 nitrogen and oxygen atoms in total. The Balaban J connectivity index is 3.94. The molecule has 0 fully saturated rings. The van der Waals surface area contributed by atoms with E-state index in [1.807, 2.05) is 6.92 Å². The molecule has 0 radical (unpaired) electrons. The SMILES string of the molecule is CCNC(=O)CCN(CCC(N)=S)C(C)C. The van der Waals surface area contributed by atoms with Crippen LogP contribution in [-0.4, -0.2) is 41.5 Å². The van der Waals surface area contributed by atoms with Crippen molar-refractivity contribution in [2.24, 2.45) is 5.73 Å². The molecule has 0 aromatic heterocycles. The molecule has 0 unspecified atom stereocenters. The summed E-state index contributed by atoms with van der Waals surface area (Å²) in [5, 5.41) is 2.79. The molecule has 16 heavy (non-hydrogen) atoms. The highest BCUT2D eigenvalue weighted by molar-refractivity contribution is 7.80. The van der Waals surface area contributed by atoms with Crippen LogP contribution in [0.5, 0.6) is 0 Å². The molecule has 5 heteroatoms. The van der Waals surface area contributed by atoms with Gasteiger partial charge in [0.2, 0.25) is 5.91 Å². The van der Waals surface area contributed by atoms with Crippen LogP contribution in [0, 0.1) is 0 Å². The van der Waals surface area contributed by atoms with E-state index in [1.54, 1.807) is 0 Å². The Hall–Kier alpha value is -0.680. The smallest absolute Gasteiger partial charge is 0.221 e. The van der Waals surface area contributed by atoms with Crippen LogP contribution in [0.3, 0.4) is 0 Å². The molecule has 0 aliphatic heterocycles. The maximum Gasteiger partial charge on any atom is 0.221 e. The highest BCUT2D eigenvalue weighted by Crippen LogP contribution is 2.01. The molecule has 0 aliphatic carbocycles. The number of nitrogens with two attached hydrogens (primary N) is 1. The second-order valence-electron chi connectivity index (χ2n) is 4.05. The van der Waals surface area contributed by atoms with E-state index >= 15 is 0 Å². The first-order chi connectivity index (χ1) is 7.47. The summed E-state index contributed by atoms with van der Waals surface area (Å²) in [6.45, 7) is 8.41. The normalized spacial score (nSPS) is 10.8. The molecule has 0 heterocycles. The molecule has 3 N–H and O–H groups in total. The lowest BCUT2D eigenvalue weighted by molar-refractivity contribution is -0.121. The van der Waals surface area contributed by atoms with Crippen molar-refractivity contribution in [2.45, 2.75) is 39.7 Å². The van der Waals surface area contributed by atoms with E-state index in [0.717, 1.165) is 13.1 Å². The molecule has 0 spiro atoms. The number of nitrogens with one attached hydrogen (secondary N) is 1. The molecular weight excluding hydrogens is 222 g/mol. The first-order valence-corrected chi connectivity index (χ1v) is 6.17. The fraction of sp³-hybridized carbons (Fsp3) is 0.818. The molecule has 1 amide bonds. The molecule has 0 aromatic rings. The standard InChI is InChI=1S/C11H23N3OS/c1-4-13-11(15)6-8-14(9(2)3)7-5-10(12)16/h9H,4-8H2,1-3H3,(H2,12,16)(H,13,15). The number of hydrogen-bond acceptors (Lipinski definition) is 3. The van der Waals surface area contributed by atoms with Gasteiger partial charge in [-0.25, -0.2) is 0 Å². The predicted octanol–water partition coefficient (Wildman–Crippen LogP) is 0.899. The number of thiocarbonyl (C=S) groups is 1. The van der Waals surface area contributed by atoms with Crippen molar-refractivity contribution in [3.8, 4) is 0 Å². The lowest BCUT2D eigenvalue weighted by Crippen LogP contribution is -2.37. The van der Waals surface area contributed by atoms with Crippen LogP contribution in [0.2, 0.25) is 0 Å². The summed E-state index contributed by atoms with van der Waals surface area (Å²) >= 11 is 4.85.